The van der Waals surface area contributed by atoms with Crippen molar-refractivity contribution < 1.29 is 4.79 Å². The van der Waals surface area contributed by atoms with Crippen molar-refractivity contribution in [2.45, 2.75) is 45.1 Å². The van der Waals surface area contributed by atoms with Gasteiger partial charge in [-0.05, 0) is 68.4 Å². The summed E-state index contributed by atoms with van der Waals surface area (Å²) in [6.45, 7) is 3.91. The third-order valence-electron chi connectivity index (χ3n) is 5.54. The van der Waals surface area contributed by atoms with Crippen molar-refractivity contribution in [2.75, 3.05) is 0 Å². The number of aromatic nitrogens is 2. The van der Waals surface area contributed by atoms with E-state index in [2.05, 4.69) is 58.6 Å². The van der Waals surface area contributed by atoms with Crippen molar-refractivity contribution in [1.82, 2.24) is 15.3 Å². The van der Waals surface area contributed by atoms with Crippen LogP contribution in [0.15, 0.2) is 60.8 Å². The molecule has 0 bridgehead atoms. The first-order chi connectivity index (χ1) is 13.6. The topological polar surface area (TPSA) is 54.9 Å². The lowest BCUT2D eigenvalue weighted by molar-refractivity contribution is 0.0939. The van der Waals surface area contributed by atoms with Crippen LogP contribution in [0.5, 0.6) is 0 Å². The summed E-state index contributed by atoms with van der Waals surface area (Å²) in [7, 11) is 0. The zero-order chi connectivity index (χ0) is 19.5. The number of amides is 1. The summed E-state index contributed by atoms with van der Waals surface area (Å²) >= 11 is 0. The normalized spacial score (nSPS) is 17.4. The first kappa shape index (κ1) is 18.4. The standard InChI is InChI=1S/C24H25N3O/c1-16(20-12-6-7-13-21(20)18-9-4-3-5-10-18)27-24(28)22-15-19-11-8-14-25-23(19)26-17(22)2/h3-4,6-8,11-16,18H,5,9-10H2,1-2H3,(H,27,28)/t16-,18?/m0/s1. The Hall–Kier alpha value is -3.01. The minimum Gasteiger partial charge on any atom is -0.345 e. The second kappa shape index (κ2) is 7.93. The Morgan fingerprint density at radius 1 is 1.18 bits per heavy atom. The fourth-order valence-electron chi connectivity index (χ4n) is 4.03. The van der Waals surface area contributed by atoms with E-state index in [-0.39, 0.29) is 11.9 Å². The molecule has 1 aromatic carbocycles. The van der Waals surface area contributed by atoms with E-state index in [0.29, 0.717) is 22.8 Å². The van der Waals surface area contributed by atoms with E-state index >= 15 is 0 Å². The predicted octanol–water partition coefficient (Wildman–Crippen LogP) is 5.25. The smallest absolute Gasteiger partial charge is 0.253 e. The highest BCUT2D eigenvalue weighted by molar-refractivity contribution is 5.98. The number of nitrogens with one attached hydrogen (secondary N) is 1. The molecule has 1 amide bonds. The van der Waals surface area contributed by atoms with E-state index in [1.54, 1.807) is 6.20 Å². The summed E-state index contributed by atoms with van der Waals surface area (Å²) < 4.78 is 0. The minimum absolute atomic E-state index is 0.0707. The SMILES string of the molecule is Cc1nc2ncccc2cc1C(=O)N[C@@H](C)c1ccccc1C1CC=CCC1. The van der Waals surface area contributed by atoms with Gasteiger partial charge in [0.25, 0.3) is 5.91 Å². The molecule has 28 heavy (non-hydrogen) atoms. The number of carbonyl (C=O) groups excluding carboxylic acids is 1. The van der Waals surface area contributed by atoms with Crippen LogP contribution >= 0.6 is 0 Å². The molecule has 4 rings (SSSR count). The van der Waals surface area contributed by atoms with E-state index in [1.807, 2.05) is 25.1 Å². The Balaban J connectivity index is 1.59. The molecule has 1 aliphatic carbocycles. The largest absolute Gasteiger partial charge is 0.345 e. The maximum absolute atomic E-state index is 13.0. The third-order valence-corrected chi connectivity index (χ3v) is 5.54. The highest BCUT2D eigenvalue weighted by atomic mass is 16.1. The lowest BCUT2D eigenvalue weighted by Crippen LogP contribution is -2.28. The molecular weight excluding hydrogens is 346 g/mol. The van der Waals surface area contributed by atoms with Crippen molar-refractivity contribution in [2.24, 2.45) is 0 Å². The van der Waals surface area contributed by atoms with Crippen molar-refractivity contribution in [3.63, 3.8) is 0 Å². The molecule has 4 heteroatoms. The van der Waals surface area contributed by atoms with Crippen molar-refractivity contribution in [1.29, 1.82) is 0 Å². The zero-order valence-corrected chi connectivity index (χ0v) is 16.4. The van der Waals surface area contributed by atoms with Crippen LogP contribution in [-0.2, 0) is 0 Å². The van der Waals surface area contributed by atoms with Gasteiger partial charge in [0.1, 0.15) is 0 Å². The zero-order valence-electron chi connectivity index (χ0n) is 16.4. The summed E-state index contributed by atoms with van der Waals surface area (Å²) in [5.41, 5.74) is 4.51. The van der Waals surface area contributed by atoms with Crippen LogP contribution in [0.3, 0.4) is 0 Å². The quantitative estimate of drug-likeness (QED) is 0.637. The summed E-state index contributed by atoms with van der Waals surface area (Å²) in [5, 5.41) is 4.06. The molecule has 2 aromatic heterocycles. The van der Waals surface area contributed by atoms with Gasteiger partial charge in [0.2, 0.25) is 0 Å². The number of nitrogens with zero attached hydrogens (tertiary/aromatic N) is 2. The Morgan fingerprint density at radius 3 is 2.86 bits per heavy atom. The van der Waals surface area contributed by atoms with E-state index in [0.717, 1.165) is 24.6 Å². The van der Waals surface area contributed by atoms with Crippen LogP contribution in [0.25, 0.3) is 11.0 Å². The molecular formula is C24H25N3O. The molecule has 1 N–H and O–H groups in total. The van der Waals surface area contributed by atoms with Gasteiger partial charge in [-0.3, -0.25) is 4.79 Å². The number of aryl methyl sites for hydroxylation is 1. The molecule has 2 atom stereocenters. The van der Waals surface area contributed by atoms with Gasteiger partial charge in [0.05, 0.1) is 17.3 Å². The molecule has 0 fully saturated rings. The summed E-state index contributed by atoms with van der Waals surface area (Å²) in [6, 6.07) is 14.1. The van der Waals surface area contributed by atoms with E-state index in [9.17, 15) is 4.79 Å². The number of fused-ring (bicyclic) bond motifs is 1. The highest BCUT2D eigenvalue weighted by Crippen LogP contribution is 2.33. The molecule has 2 heterocycles. The number of pyridine rings is 2. The summed E-state index contributed by atoms with van der Waals surface area (Å²) in [5.74, 6) is 0.428. The molecule has 0 radical (unpaired) electrons. The lowest BCUT2D eigenvalue weighted by Gasteiger charge is -2.25. The molecule has 0 saturated heterocycles. The van der Waals surface area contributed by atoms with Crippen LogP contribution in [0, 0.1) is 6.92 Å². The van der Waals surface area contributed by atoms with Gasteiger partial charge in [0.15, 0.2) is 5.65 Å². The van der Waals surface area contributed by atoms with Crippen LogP contribution in [-0.4, -0.2) is 15.9 Å². The predicted molar refractivity (Wildman–Crippen MR) is 112 cm³/mol. The van der Waals surface area contributed by atoms with Crippen molar-refractivity contribution in [3.05, 3.63) is 83.2 Å². The number of carbonyl (C=O) groups is 1. The highest BCUT2D eigenvalue weighted by Gasteiger charge is 2.21. The molecule has 0 aliphatic heterocycles. The van der Waals surface area contributed by atoms with Crippen molar-refractivity contribution in [3.8, 4) is 0 Å². The van der Waals surface area contributed by atoms with Gasteiger partial charge >= 0.3 is 0 Å². The van der Waals surface area contributed by atoms with Crippen LogP contribution < -0.4 is 5.32 Å². The number of allylic oxidation sites excluding steroid dienone is 2. The Bertz CT molecular complexity index is 1040. The van der Waals surface area contributed by atoms with Gasteiger partial charge in [-0.2, -0.15) is 0 Å². The Kier molecular flexibility index (Phi) is 5.20. The molecule has 142 valence electrons. The lowest BCUT2D eigenvalue weighted by atomic mass is 9.83. The number of benzene rings is 1. The molecule has 1 aliphatic rings. The summed E-state index contributed by atoms with van der Waals surface area (Å²) in [6.07, 6.45) is 9.60. The van der Waals surface area contributed by atoms with Gasteiger partial charge in [0, 0.05) is 11.6 Å². The molecule has 0 spiro atoms. The van der Waals surface area contributed by atoms with Gasteiger partial charge < -0.3 is 5.32 Å². The Morgan fingerprint density at radius 2 is 2.04 bits per heavy atom. The van der Waals surface area contributed by atoms with Gasteiger partial charge in [-0.25, -0.2) is 9.97 Å². The number of rotatable bonds is 4. The van der Waals surface area contributed by atoms with Crippen molar-refractivity contribution >= 4 is 16.9 Å². The van der Waals surface area contributed by atoms with E-state index < -0.39 is 0 Å². The summed E-state index contributed by atoms with van der Waals surface area (Å²) in [4.78, 5) is 21.8. The van der Waals surface area contributed by atoms with E-state index in [1.165, 1.54) is 11.1 Å². The molecule has 1 unspecified atom stereocenters. The minimum atomic E-state index is -0.0957. The molecule has 0 saturated carbocycles. The molecule has 4 nitrogen and oxygen atoms in total. The number of hydrogen-bond acceptors (Lipinski definition) is 3. The average molecular weight is 371 g/mol. The first-order valence-corrected chi connectivity index (χ1v) is 9.90. The first-order valence-electron chi connectivity index (χ1n) is 9.90. The fourth-order valence-corrected chi connectivity index (χ4v) is 4.03. The number of hydrogen-bond donors (Lipinski definition) is 1. The molecule has 3 aromatic rings. The third kappa shape index (κ3) is 3.68. The van der Waals surface area contributed by atoms with Crippen LogP contribution in [0.1, 0.15) is 65.3 Å². The Labute approximate surface area is 165 Å². The second-order valence-corrected chi connectivity index (χ2v) is 7.48. The maximum atomic E-state index is 13.0. The average Bonchev–Trinajstić information content (AvgIpc) is 2.73. The van der Waals surface area contributed by atoms with Gasteiger partial charge in [-0.15, -0.1) is 0 Å². The van der Waals surface area contributed by atoms with Crippen LogP contribution in [0.2, 0.25) is 0 Å². The maximum Gasteiger partial charge on any atom is 0.253 e. The van der Waals surface area contributed by atoms with E-state index in [4.69, 9.17) is 0 Å². The van der Waals surface area contributed by atoms with Crippen LogP contribution in [0.4, 0.5) is 0 Å². The monoisotopic (exact) mass is 371 g/mol. The van der Waals surface area contributed by atoms with Gasteiger partial charge in [-0.1, -0.05) is 36.4 Å². The second-order valence-electron chi connectivity index (χ2n) is 7.48. The fraction of sp³-hybridized carbons (Fsp3) is 0.292.